The normalized spacial score (nSPS) is 20.6. The van der Waals surface area contributed by atoms with E-state index in [1.165, 1.54) is 0 Å². The van der Waals surface area contributed by atoms with Crippen LogP contribution in [0.1, 0.15) is 29.4 Å². The summed E-state index contributed by atoms with van der Waals surface area (Å²) >= 11 is 0. The van der Waals surface area contributed by atoms with Gasteiger partial charge in [-0.2, -0.15) is 8.42 Å². The van der Waals surface area contributed by atoms with Crippen LogP contribution >= 0.6 is 0 Å². The summed E-state index contributed by atoms with van der Waals surface area (Å²) in [5.41, 5.74) is 0.438. The van der Waals surface area contributed by atoms with Crippen molar-refractivity contribution in [1.29, 1.82) is 0 Å². The summed E-state index contributed by atoms with van der Waals surface area (Å²) in [7, 11) is -5.47. The van der Waals surface area contributed by atoms with Crippen molar-refractivity contribution >= 4 is 10.1 Å². The van der Waals surface area contributed by atoms with Crippen molar-refractivity contribution in [3.8, 4) is 11.8 Å². The third-order valence-electron chi connectivity index (χ3n) is 4.48. The van der Waals surface area contributed by atoms with E-state index in [-0.39, 0.29) is 33.8 Å². The highest BCUT2D eigenvalue weighted by Gasteiger charge is 2.43. The first-order valence-corrected chi connectivity index (χ1v) is 8.67. The number of benzene rings is 1. The maximum Gasteiger partial charge on any atom is 0.363 e. The number of nitrogens with zero attached hydrogens (tertiary/aromatic N) is 1. The molecule has 138 valence electrons. The Morgan fingerprint density at radius 3 is 1.88 bits per heavy atom. The average molecular weight is 391 g/mol. The van der Waals surface area contributed by atoms with Crippen LogP contribution in [0.2, 0.25) is 0 Å². The minimum absolute atomic E-state index is 0.0633. The molecule has 0 radical (unpaired) electrons. The molecule has 2 aliphatic carbocycles. The summed E-state index contributed by atoms with van der Waals surface area (Å²) in [5.74, 6) is -10.4. The Balaban J connectivity index is 1.83. The Hall–Kier alpha value is -2.69. The largest absolute Gasteiger partial charge is 0.492 e. The first kappa shape index (κ1) is 16.8. The van der Waals surface area contributed by atoms with E-state index in [4.69, 9.17) is 0 Å². The van der Waals surface area contributed by atoms with E-state index in [1.807, 2.05) is 0 Å². The SMILES string of the molecule is O=S(=O)(On1c(O)c2c(c1O)C1C=CC2C1)c1c(F)c(F)cc(F)c1F. The van der Waals surface area contributed by atoms with Gasteiger partial charge in [-0.3, -0.25) is 4.28 Å². The molecule has 1 aromatic heterocycles. The monoisotopic (exact) mass is 391 g/mol. The maximum absolute atomic E-state index is 13.8. The third kappa shape index (κ3) is 2.06. The van der Waals surface area contributed by atoms with Gasteiger partial charge in [0, 0.05) is 29.0 Å². The van der Waals surface area contributed by atoms with Crippen molar-refractivity contribution in [2.75, 3.05) is 0 Å². The zero-order chi connectivity index (χ0) is 19.0. The van der Waals surface area contributed by atoms with Gasteiger partial charge >= 0.3 is 10.1 Å². The second-order valence-electron chi connectivity index (χ2n) is 5.93. The highest BCUT2D eigenvalue weighted by molar-refractivity contribution is 7.87. The molecule has 2 aromatic rings. The number of rotatable bonds is 3. The van der Waals surface area contributed by atoms with Crippen LogP contribution in [-0.2, 0) is 10.1 Å². The van der Waals surface area contributed by atoms with E-state index in [0.29, 0.717) is 6.42 Å². The molecular weight excluding hydrogens is 382 g/mol. The molecule has 26 heavy (non-hydrogen) atoms. The number of hydrogen-bond donors (Lipinski definition) is 2. The fraction of sp³-hybridized carbons (Fsp3) is 0.200. The molecule has 0 spiro atoms. The number of hydrogen-bond acceptors (Lipinski definition) is 5. The Morgan fingerprint density at radius 2 is 1.42 bits per heavy atom. The Morgan fingerprint density at radius 1 is 0.962 bits per heavy atom. The van der Waals surface area contributed by atoms with E-state index in [0.717, 1.165) is 0 Å². The molecule has 11 heteroatoms. The van der Waals surface area contributed by atoms with Crippen molar-refractivity contribution in [3.63, 3.8) is 0 Å². The zero-order valence-corrected chi connectivity index (χ0v) is 13.4. The number of allylic oxidation sites excluding steroid dienone is 2. The third-order valence-corrected chi connectivity index (χ3v) is 5.68. The molecule has 2 atom stereocenters. The van der Waals surface area contributed by atoms with Gasteiger partial charge in [0.1, 0.15) is 0 Å². The van der Waals surface area contributed by atoms with Crippen molar-refractivity contribution in [2.45, 2.75) is 23.2 Å². The lowest BCUT2D eigenvalue weighted by molar-refractivity contribution is 0.198. The molecule has 2 N–H and O–H groups in total. The molecule has 0 amide bonds. The number of halogens is 4. The highest BCUT2D eigenvalue weighted by atomic mass is 32.2. The first-order chi connectivity index (χ1) is 12.1. The van der Waals surface area contributed by atoms with Gasteiger partial charge in [0.15, 0.2) is 28.2 Å². The van der Waals surface area contributed by atoms with E-state index in [1.54, 1.807) is 12.2 Å². The molecule has 2 bridgehead atoms. The Bertz CT molecular complexity index is 1030. The van der Waals surface area contributed by atoms with E-state index < -0.39 is 50.0 Å². The van der Waals surface area contributed by atoms with Crippen molar-refractivity contribution in [3.05, 3.63) is 52.6 Å². The molecule has 2 aliphatic rings. The summed E-state index contributed by atoms with van der Waals surface area (Å²) in [5, 5.41) is 20.3. The fourth-order valence-corrected chi connectivity index (χ4v) is 4.44. The minimum atomic E-state index is -5.47. The molecular formula is C15H9F4NO5S. The zero-order valence-electron chi connectivity index (χ0n) is 12.6. The number of aromatic hydroxyl groups is 2. The predicted octanol–water partition coefficient (Wildman–Crippen LogP) is 2.41. The van der Waals surface area contributed by atoms with Gasteiger partial charge in [0.25, 0.3) is 0 Å². The van der Waals surface area contributed by atoms with Gasteiger partial charge in [0.2, 0.25) is 11.8 Å². The lowest BCUT2D eigenvalue weighted by Gasteiger charge is -2.12. The van der Waals surface area contributed by atoms with Crippen LogP contribution < -0.4 is 4.28 Å². The summed E-state index contributed by atoms with van der Waals surface area (Å²) in [6.07, 6.45) is 4.05. The van der Waals surface area contributed by atoms with Crippen LogP contribution in [0, 0.1) is 23.3 Å². The van der Waals surface area contributed by atoms with Crippen LogP contribution in [0.3, 0.4) is 0 Å². The lowest BCUT2D eigenvalue weighted by Crippen LogP contribution is -2.23. The molecule has 0 saturated heterocycles. The molecule has 2 unspecified atom stereocenters. The second kappa shape index (κ2) is 5.16. The van der Waals surface area contributed by atoms with Gasteiger partial charge in [-0.05, 0) is 6.42 Å². The summed E-state index contributed by atoms with van der Waals surface area (Å²) in [4.78, 5) is -2.01. The van der Waals surface area contributed by atoms with E-state index in [9.17, 15) is 36.2 Å². The van der Waals surface area contributed by atoms with Crippen molar-refractivity contribution in [2.24, 2.45) is 0 Å². The smallest absolute Gasteiger partial charge is 0.363 e. The maximum atomic E-state index is 13.8. The standard InChI is InChI=1S/C15H9F4NO5S/c16-7-4-8(17)12(19)13(11(7)18)26(23,24)25-20-14(21)9-5-1-2-6(3-5)10(9)15(20)22/h1-2,4-6,21-22H,3H2. The lowest BCUT2D eigenvalue weighted by atomic mass is 10.0. The summed E-state index contributed by atoms with van der Waals surface area (Å²) in [6.45, 7) is 0. The Labute approximate surface area is 143 Å². The van der Waals surface area contributed by atoms with Crippen LogP contribution in [0.25, 0.3) is 0 Å². The molecule has 1 heterocycles. The summed E-state index contributed by atoms with van der Waals surface area (Å²) in [6, 6.07) is -0.161. The van der Waals surface area contributed by atoms with Crippen LogP contribution in [0.5, 0.6) is 11.8 Å². The molecule has 0 saturated carbocycles. The predicted molar refractivity (Wildman–Crippen MR) is 77.0 cm³/mol. The Kier molecular flexibility index (Phi) is 3.33. The van der Waals surface area contributed by atoms with Crippen molar-refractivity contribution in [1.82, 2.24) is 4.73 Å². The first-order valence-electron chi connectivity index (χ1n) is 7.26. The molecule has 0 fully saturated rings. The second-order valence-corrected chi connectivity index (χ2v) is 7.39. The number of fused-ring (bicyclic) bond motifs is 5. The van der Waals surface area contributed by atoms with Crippen LogP contribution in [0.4, 0.5) is 17.6 Å². The topological polar surface area (TPSA) is 88.8 Å². The fourth-order valence-electron chi connectivity index (χ4n) is 3.39. The molecule has 1 aromatic carbocycles. The minimum Gasteiger partial charge on any atom is -0.492 e. The van der Waals surface area contributed by atoms with Gasteiger partial charge in [-0.15, -0.1) is 0 Å². The van der Waals surface area contributed by atoms with Crippen molar-refractivity contribution < 1.29 is 40.5 Å². The molecule has 6 nitrogen and oxygen atoms in total. The summed E-state index contributed by atoms with van der Waals surface area (Å²) < 4.78 is 82.8. The van der Waals surface area contributed by atoms with Gasteiger partial charge in [-0.1, -0.05) is 16.9 Å². The molecule has 4 rings (SSSR count). The van der Waals surface area contributed by atoms with Crippen LogP contribution in [0.15, 0.2) is 23.1 Å². The number of aromatic nitrogens is 1. The quantitative estimate of drug-likeness (QED) is 0.477. The van der Waals surface area contributed by atoms with Crippen LogP contribution in [-0.4, -0.2) is 23.4 Å². The van der Waals surface area contributed by atoms with E-state index in [2.05, 4.69) is 4.28 Å². The average Bonchev–Trinajstić information content (AvgIpc) is 3.23. The van der Waals surface area contributed by atoms with E-state index >= 15 is 0 Å². The molecule has 0 aliphatic heterocycles. The highest BCUT2D eigenvalue weighted by Crippen LogP contribution is 2.56. The van der Waals surface area contributed by atoms with Gasteiger partial charge < -0.3 is 10.2 Å². The van der Waals surface area contributed by atoms with Gasteiger partial charge in [-0.25, -0.2) is 17.6 Å². The van der Waals surface area contributed by atoms with Gasteiger partial charge in [0.05, 0.1) is 0 Å².